The van der Waals surface area contributed by atoms with E-state index in [-0.39, 0.29) is 11.9 Å². The number of fused-ring (bicyclic) bond motifs is 1. The van der Waals surface area contributed by atoms with E-state index in [0.29, 0.717) is 19.5 Å². The molecule has 0 unspecified atom stereocenters. The van der Waals surface area contributed by atoms with Crippen LogP contribution in [0, 0.1) is 0 Å². The highest BCUT2D eigenvalue weighted by Gasteiger charge is 2.30. The molecule has 2 aromatic carbocycles. The first-order valence-electron chi connectivity index (χ1n) is 8.85. The fraction of sp³-hybridized carbons (Fsp3) is 0.238. The summed E-state index contributed by atoms with van der Waals surface area (Å²) in [5.74, 6) is 0.667. The zero-order valence-corrected chi connectivity index (χ0v) is 14.6. The summed E-state index contributed by atoms with van der Waals surface area (Å²) in [5.41, 5.74) is 9.39. The summed E-state index contributed by atoms with van der Waals surface area (Å²) in [6.07, 6.45) is 4.46. The Balaban J connectivity index is 1.57. The van der Waals surface area contributed by atoms with Crippen LogP contribution in [0.25, 0.3) is 0 Å². The molecule has 2 N–H and O–H groups in total. The number of benzene rings is 2. The molecule has 5 nitrogen and oxygen atoms in total. The lowest BCUT2D eigenvalue weighted by Crippen LogP contribution is -2.48. The van der Waals surface area contributed by atoms with Gasteiger partial charge in [0.2, 0.25) is 5.91 Å². The Kier molecular flexibility index (Phi) is 4.54. The van der Waals surface area contributed by atoms with E-state index in [4.69, 9.17) is 5.73 Å². The maximum absolute atomic E-state index is 12.0. The maximum Gasteiger partial charge on any atom is 0.235 e. The number of hydrogen-bond acceptors (Lipinski definition) is 3. The number of nitrogens with two attached hydrogens (primary N) is 1. The van der Waals surface area contributed by atoms with Crippen molar-refractivity contribution in [2.45, 2.75) is 32.1 Å². The van der Waals surface area contributed by atoms with Crippen molar-refractivity contribution in [2.24, 2.45) is 5.73 Å². The summed E-state index contributed by atoms with van der Waals surface area (Å²) in [6.45, 7) is 2.07. The molecule has 0 saturated heterocycles. The summed E-state index contributed by atoms with van der Waals surface area (Å²) < 4.78 is 2.13. The molecule has 0 radical (unpaired) electrons. The molecule has 1 aromatic heterocycles. The number of nitrogens with zero attached hydrogens (tertiary/aromatic N) is 3. The molecule has 0 fully saturated rings. The number of primary amides is 1. The minimum Gasteiger partial charge on any atom is -0.368 e. The molecule has 5 heteroatoms. The van der Waals surface area contributed by atoms with E-state index in [1.165, 1.54) is 16.7 Å². The Morgan fingerprint density at radius 2 is 1.77 bits per heavy atom. The molecule has 0 spiro atoms. The summed E-state index contributed by atoms with van der Waals surface area (Å²) in [7, 11) is 0. The fourth-order valence-electron chi connectivity index (χ4n) is 3.62. The Labute approximate surface area is 153 Å². The largest absolute Gasteiger partial charge is 0.368 e. The van der Waals surface area contributed by atoms with Gasteiger partial charge in [0.15, 0.2) is 0 Å². The normalized spacial score (nSPS) is 17.0. The van der Waals surface area contributed by atoms with Crippen molar-refractivity contribution in [3.05, 3.63) is 89.5 Å². The van der Waals surface area contributed by atoms with Crippen LogP contribution in [0.3, 0.4) is 0 Å². The lowest BCUT2D eigenvalue weighted by Gasteiger charge is -2.34. The van der Waals surface area contributed by atoms with E-state index >= 15 is 0 Å². The second-order valence-electron chi connectivity index (χ2n) is 6.75. The molecule has 0 aliphatic carbocycles. The van der Waals surface area contributed by atoms with E-state index in [9.17, 15) is 4.79 Å². The van der Waals surface area contributed by atoms with Gasteiger partial charge < -0.3 is 10.3 Å². The van der Waals surface area contributed by atoms with Crippen LogP contribution in [-0.2, 0) is 30.8 Å². The van der Waals surface area contributed by atoms with Crippen LogP contribution in [-0.4, -0.2) is 26.4 Å². The zero-order valence-electron chi connectivity index (χ0n) is 14.6. The molecule has 1 atom stereocenters. The predicted molar refractivity (Wildman–Crippen MR) is 100 cm³/mol. The Morgan fingerprint density at radius 3 is 2.54 bits per heavy atom. The molecule has 4 rings (SSSR count). The van der Waals surface area contributed by atoms with E-state index in [1.807, 2.05) is 42.7 Å². The quantitative estimate of drug-likeness (QED) is 0.771. The summed E-state index contributed by atoms with van der Waals surface area (Å²) >= 11 is 0. The van der Waals surface area contributed by atoms with Gasteiger partial charge in [0.1, 0.15) is 5.82 Å². The molecule has 0 bridgehead atoms. The number of amides is 1. The molecule has 0 saturated carbocycles. The topological polar surface area (TPSA) is 64.2 Å². The first-order valence-corrected chi connectivity index (χ1v) is 8.85. The van der Waals surface area contributed by atoms with Crippen LogP contribution in [0.2, 0.25) is 0 Å². The van der Waals surface area contributed by atoms with E-state index in [0.717, 1.165) is 12.4 Å². The SMILES string of the molecule is NC(=O)[C@H]1Cc2ccccc2CN1Cc1nccn1Cc1ccccc1. The van der Waals surface area contributed by atoms with Crippen molar-refractivity contribution in [2.75, 3.05) is 0 Å². The minimum atomic E-state index is -0.299. The highest BCUT2D eigenvalue weighted by Crippen LogP contribution is 2.24. The number of imidazole rings is 1. The third-order valence-corrected chi connectivity index (χ3v) is 5.02. The second-order valence-corrected chi connectivity index (χ2v) is 6.75. The predicted octanol–water partition coefficient (Wildman–Crippen LogP) is 2.34. The van der Waals surface area contributed by atoms with Crippen molar-refractivity contribution >= 4 is 5.91 Å². The van der Waals surface area contributed by atoms with Gasteiger partial charge >= 0.3 is 0 Å². The summed E-state index contributed by atoms with van der Waals surface area (Å²) in [6, 6.07) is 18.3. The van der Waals surface area contributed by atoms with Gasteiger partial charge in [0.25, 0.3) is 0 Å². The molecule has 3 aromatic rings. The van der Waals surface area contributed by atoms with Crippen molar-refractivity contribution in [3.63, 3.8) is 0 Å². The van der Waals surface area contributed by atoms with Gasteiger partial charge in [0.05, 0.1) is 12.6 Å². The van der Waals surface area contributed by atoms with Crippen LogP contribution >= 0.6 is 0 Å². The average Bonchev–Trinajstić information content (AvgIpc) is 3.08. The molecule has 2 heterocycles. The fourth-order valence-corrected chi connectivity index (χ4v) is 3.62. The van der Waals surface area contributed by atoms with Crippen molar-refractivity contribution < 1.29 is 4.79 Å². The van der Waals surface area contributed by atoms with E-state index < -0.39 is 0 Å². The van der Waals surface area contributed by atoms with Crippen LogP contribution in [0.5, 0.6) is 0 Å². The van der Waals surface area contributed by atoms with Crippen LogP contribution in [0.15, 0.2) is 67.0 Å². The molecule has 1 aliphatic rings. The standard InChI is InChI=1S/C21H22N4O/c22-21(26)19-12-17-8-4-5-9-18(17)14-25(19)15-20-23-10-11-24(20)13-16-6-2-1-3-7-16/h1-11,19H,12-15H2,(H2,22,26)/t19-/m1/s1. The Bertz CT molecular complexity index is 903. The number of carbonyl (C=O) groups excluding carboxylic acids is 1. The molecule has 1 aliphatic heterocycles. The smallest absolute Gasteiger partial charge is 0.235 e. The third kappa shape index (κ3) is 3.39. The number of rotatable bonds is 5. The molecular weight excluding hydrogens is 324 g/mol. The summed E-state index contributed by atoms with van der Waals surface area (Å²) in [4.78, 5) is 18.7. The molecular formula is C21H22N4O. The average molecular weight is 346 g/mol. The summed E-state index contributed by atoms with van der Waals surface area (Å²) in [5, 5.41) is 0. The van der Waals surface area contributed by atoms with Gasteiger partial charge in [0, 0.05) is 25.5 Å². The van der Waals surface area contributed by atoms with Crippen molar-refractivity contribution in [1.29, 1.82) is 0 Å². The van der Waals surface area contributed by atoms with Gasteiger partial charge in [-0.1, -0.05) is 54.6 Å². The lowest BCUT2D eigenvalue weighted by atomic mass is 9.93. The lowest BCUT2D eigenvalue weighted by molar-refractivity contribution is -0.124. The Morgan fingerprint density at radius 1 is 1.04 bits per heavy atom. The van der Waals surface area contributed by atoms with Gasteiger partial charge in [-0.15, -0.1) is 0 Å². The maximum atomic E-state index is 12.0. The number of hydrogen-bond donors (Lipinski definition) is 1. The highest BCUT2D eigenvalue weighted by molar-refractivity contribution is 5.80. The third-order valence-electron chi connectivity index (χ3n) is 5.02. The number of carbonyl (C=O) groups is 1. The van der Waals surface area contributed by atoms with Gasteiger partial charge in [-0.3, -0.25) is 9.69 Å². The van der Waals surface area contributed by atoms with Crippen LogP contribution < -0.4 is 5.73 Å². The Hall–Kier alpha value is -2.92. The van der Waals surface area contributed by atoms with E-state index in [2.05, 4.69) is 38.7 Å². The first kappa shape index (κ1) is 16.5. The van der Waals surface area contributed by atoms with Gasteiger partial charge in [-0.05, 0) is 23.1 Å². The van der Waals surface area contributed by atoms with E-state index in [1.54, 1.807) is 0 Å². The number of aromatic nitrogens is 2. The van der Waals surface area contributed by atoms with Crippen LogP contribution in [0.1, 0.15) is 22.5 Å². The zero-order chi connectivity index (χ0) is 17.9. The highest BCUT2D eigenvalue weighted by atomic mass is 16.1. The monoisotopic (exact) mass is 346 g/mol. The molecule has 132 valence electrons. The molecule has 26 heavy (non-hydrogen) atoms. The van der Waals surface area contributed by atoms with Crippen molar-refractivity contribution in [1.82, 2.24) is 14.5 Å². The molecule has 1 amide bonds. The van der Waals surface area contributed by atoms with Gasteiger partial charge in [-0.2, -0.15) is 0 Å². The minimum absolute atomic E-state index is 0.277. The second kappa shape index (κ2) is 7.14. The van der Waals surface area contributed by atoms with Crippen LogP contribution in [0.4, 0.5) is 0 Å². The first-order chi connectivity index (χ1) is 12.7. The van der Waals surface area contributed by atoms with Gasteiger partial charge in [-0.25, -0.2) is 4.98 Å². The van der Waals surface area contributed by atoms with Crippen molar-refractivity contribution in [3.8, 4) is 0 Å².